The lowest BCUT2D eigenvalue weighted by Gasteiger charge is -2.07. The van der Waals surface area contributed by atoms with Gasteiger partial charge in [0.05, 0.1) is 0 Å². The number of nitrogens with one attached hydrogen (secondary N) is 1. The number of hydrogen-bond donors (Lipinski definition) is 1. The highest BCUT2D eigenvalue weighted by atomic mass is 32.3. The minimum atomic E-state index is -5.03. The number of carbonyl (C=O) groups is 1. The van der Waals surface area contributed by atoms with Gasteiger partial charge in [-0.15, -0.1) is 0 Å². The lowest BCUT2D eigenvalue weighted by molar-refractivity contribution is 0.0949. The average Bonchev–Trinajstić information content (AvgIpc) is 2.24. The van der Waals surface area contributed by atoms with E-state index in [0.717, 1.165) is 0 Å². The van der Waals surface area contributed by atoms with Gasteiger partial charge < -0.3 is 9.50 Å². The van der Waals surface area contributed by atoms with Crippen LogP contribution in [-0.4, -0.2) is 20.9 Å². The van der Waals surface area contributed by atoms with E-state index in [9.17, 15) is 17.1 Å². The fourth-order valence-electron chi connectivity index (χ4n) is 1.18. The largest absolute Gasteiger partial charge is 0.488 e. The molecule has 1 amide bonds. The van der Waals surface area contributed by atoms with Gasteiger partial charge in [-0.1, -0.05) is 17.7 Å². The fourth-order valence-corrected chi connectivity index (χ4v) is 1.52. The van der Waals surface area contributed by atoms with Gasteiger partial charge in [0.15, 0.2) is 0 Å². The van der Waals surface area contributed by atoms with Crippen molar-refractivity contribution >= 4 is 16.4 Å². The number of hydrogen-bond acceptors (Lipinski definition) is 4. The Labute approximate surface area is 105 Å². The van der Waals surface area contributed by atoms with Gasteiger partial charge in [-0.2, -0.15) is 8.42 Å². The van der Waals surface area contributed by atoms with Gasteiger partial charge in [0.25, 0.3) is 5.91 Å². The third kappa shape index (κ3) is 5.13. The molecule has 0 fully saturated rings. The van der Waals surface area contributed by atoms with Crippen molar-refractivity contribution in [3.63, 3.8) is 0 Å². The molecule has 1 rings (SSSR count). The van der Waals surface area contributed by atoms with Gasteiger partial charge in [-0.3, -0.25) is 4.79 Å². The summed E-state index contributed by atoms with van der Waals surface area (Å²) in [5.74, 6) is -0.135. The quantitative estimate of drug-likeness (QED) is 0.830. The Kier molecular flexibility index (Phi) is 4.66. The normalized spacial score (nSPS) is 11.3. The zero-order valence-electron chi connectivity index (χ0n) is 10.0. The van der Waals surface area contributed by atoms with Crippen molar-refractivity contribution in [2.75, 3.05) is 6.54 Å². The molecule has 1 aromatic rings. The molecule has 7 heteroatoms. The second-order valence-electron chi connectivity index (χ2n) is 4.10. The average molecular weight is 275 g/mol. The minimum absolute atomic E-state index is 0.182. The van der Waals surface area contributed by atoms with Crippen LogP contribution in [0.1, 0.15) is 24.2 Å². The van der Waals surface area contributed by atoms with Crippen LogP contribution in [0.25, 0.3) is 0 Å². The maximum Gasteiger partial charge on any atom is 0.488 e. The first-order chi connectivity index (χ1) is 8.28. The number of amides is 1. The van der Waals surface area contributed by atoms with Crippen molar-refractivity contribution in [2.24, 2.45) is 5.92 Å². The topological polar surface area (TPSA) is 72.5 Å². The van der Waals surface area contributed by atoms with E-state index in [4.69, 9.17) is 0 Å². The van der Waals surface area contributed by atoms with Crippen LogP contribution < -0.4 is 9.50 Å². The van der Waals surface area contributed by atoms with Crippen molar-refractivity contribution in [3.05, 3.63) is 29.8 Å². The zero-order chi connectivity index (χ0) is 13.8. The third-order valence-corrected chi connectivity index (χ3v) is 2.37. The molecule has 5 nitrogen and oxygen atoms in total. The van der Waals surface area contributed by atoms with E-state index in [2.05, 4.69) is 9.50 Å². The summed E-state index contributed by atoms with van der Waals surface area (Å²) in [5, 5.41) is 2.69. The number of halogens is 1. The highest BCUT2D eigenvalue weighted by Gasteiger charge is 2.11. The zero-order valence-corrected chi connectivity index (χ0v) is 10.8. The van der Waals surface area contributed by atoms with Gasteiger partial charge >= 0.3 is 10.5 Å². The van der Waals surface area contributed by atoms with Crippen LogP contribution in [0.3, 0.4) is 0 Å². The molecule has 0 spiro atoms. The Balaban J connectivity index is 2.68. The molecule has 1 aromatic carbocycles. The van der Waals surface area contributed by atoms with Crippen molar-refractivity contribution in [2.45, 2.75) is 13.8 Å². The molecule has 0 aliphatic carbocycles. The van der Waals surface area contributed by atoms with E-state index >= 15 is 0 Å². The predicted octanol–water partition coefficient (Wildman–Crippen LogP) is 1.67. The maximum atomic E-state index is 12.2. The summed E-state index contributed by atoms with van der Waals surface area (Å²) in [7, 11) is -5.03. The standard InChI is InChI=1S/C11H14FNO4S/c1-8(2)7-13-11(14)9-3-5-10(6-4-9)17-18(12,15)16/h3-6,8H,7H2,1-2H3,(H,13,14). The van der Waals surface area contributed by atoms with Gasteiger partial charge in [0.1, 0.15) is 5.75 Å². The van der Waals surface area contributed by atoms with E-state index in [1.165, 1.54) is 24.3 Å². The van der Waals surface area contributed by atoms with E-state index < -0.39 is 10.5 Å². The summed E-state index contributed by atoms with van der Waals surface area (Å²) in [6, 6.07) is 5.13. The molecule has 18 heavy (non-hydrogen) atoms. The van der Waals surface area contributed by atoms with Crippen LogP contribution in [0.15, 0.2) is 24.3 Å². The molecule has 0 aromatic heterocycles. The van der Waals surface area contributed by atoms with Crippen LogP contribution in [0, 0.1) is 5.92 Å². The van der Waals surface area contributed by atoms with Gasteiger partial charge in [-0.05, 0) is 30.2 Å². The highest BCUT2D eigenvalue weighted by molar-refractivity contribution is 7.81. The van der Waals surface area contributed by atoms with Crippen molar-refractivity contribution < 1.29 is 21.3 Å². The Morgan fingerprint density at radius 3 is 2.33 bits per heavy atom. The second-order valence-corrected chi connectivity index (χ2v) is 5.06. The first-order valence-electron chi connectivity index (χ1n) is 5.30. The molecule has 0 saturated carbocycles. The highest BCUT2D eigenvalue weighted by Crippen LogP contribution is 2.14. The van der Waals surface area contributed by atoms with Crippen molar-refractivity contribution in [3.8, 4) is 5.75 Å². The van der Waals surface area contributed by atoms with Crippen molar-refractivity contribution in [1.82, 2.24) is 5.32 Å². The summed E-state index contributed by atoms with van der Waals surface area (Å²) >= 11 is 0. The molecule has 0 aliphatic rings. The summed E-state index contributed by atoms with van der Waals surface area (Å²) in [6.07, 6.45) is 0. The smallest absolute Gasteiger partial charge is 0.358 e. The number of rotatable bonds is 5. The lowest BCUT2D eigenvalue weighted by atomic mass is 10.2. The predicted molar refractivity (Wildman–Crippen MR) is 64.3 cm³/mol. The van der Waals surface area contributed by atoms with Crippen LogP contribution >= 0.6 is 0 Å². The molecule has 1 N–H and O–H groups in total. The molecule has 0 radical (unpaired) electrons. The first-order valence-corrected chi connectivity index (χ1v) is 6.61. The minimum Gasteiger partial charge on any atom is -0.358 e. The molecule has 0 saturated heterocycles. The molecule has 0 heterocycles. The molecule has 0 unspecified atom stereocenters. The summed E-state index contributed by atoms with van der Waals surface area (Å²) in [5.41, 5.74) is 0.347. The van der Waals surface area contributed by atoms with E-state index in [-0.39, 0.29) is 11.7 Å². The molecule has 100 valence electrons. The molecule has 0 aliphatic heterocycles. The monoisotopic (exact) mass is 275 g/mol. The lowest BCUT2D eigenvalue weighted by Crippen LogP contribution is -2.27. The third-order valence-electron chi connectivity index (χ3n) is 1.98. The van der Waals surface area contributed by atoms with Crippen LogP contribution in [0.2, 0.25) is 0 Å². The summed E-state index contributed by atoms with van der Waals surface area (Å²) in [4.78, 5) is 11.6. The summed E-state index contributed by atoms with van der Waals surface area (Å²) < 4.78 is 36.7. The summed E-state index contributed by atoms with van der Waals surface area (Å²) in [6.45, 7) is 4.46. The van der Waals surface area contributed by atoms with E-state index in [0.29, 0.717) is 18.0 Å². The fraction of sp³-hybridized carbons (Fsp3) is 0.364. The molecular weight excluding hydrogens is 261 g/mol. The van der Waals surface area contributed by atoms with Crippen LogP contribution in [-0.2, 0) is 10.5 Å². The molecule has 0 atom stereocenters. The number of carbonyl (C=O) groups excluding carboxylic acids is 1. The number of benzene rings is 1. The molecule has 0 bridgehead atoms. The van der Waals surface area contributed by atoms with Crippen molar-refractivity contribution in [1.29, 1.82) is 0 Å². The Morgan fingerprint density at radius 2 is 1.89 bits per heavy atom. The van der Waals surface area contributed by atoms with E-state index in [1.807, 2.05) is 13.8 Å². The van der Waals surface area contributed by atoms with Gasteiger partial charge in [0.2, 0.25) is 0 Å². The SMILES string of the molecule is CC(C)CNC(=O)c1ccc(OS(=O)(=O)F)cc1. The Bertz CT molecular complexity index is 510. The van der Waals surface area contributed by atoms with Crippen LogP contribution in [0.4, 0.5) is 3.89 Å². The second kappa shape index (κ2) is 5.81. The van der Waals surface area contributed by atoms with E-state index in [1.54, 1.807) is 0 Å². The Hall–Kier alpha value is -1.63. The van der Waals surface area contributed by atoms with Crippen LogP contribution in [0.5, 0.6) is 5.75 Å². The Morgan fingerprint density at radius 1 is 1.33 bits per heavy atom. The van der Waals surface area contributed by atoms with Gasteiger partial charge in [-0.25, -0.2) is 0 Å². The van der Waals surface area contributed by atoms with Gasteiger partial charge in [0, 0.05) is 12.1 Å². The first kappa shape index (κ1) is 14.4. The maximum absolute atomic E-state index is 12.2. The molecular formula is C11H14FNO4S.